The van der Waals surface area contributed by atoms with Gasteiger partial charge in [-0.3, -0.25) is 10.1 Å². The summed E-state index contributed by atoms with van der Waals surface area (Å²) >= 11 is 17.4. The Morgan fingerprint density at radius 3 is 2.62 bits per heavy atom. The van der Waals surface area contributed by atoms with E-state index in [1.807, 2.05) is 6.07 Å². The smallest absolute Gasteiger partial charge is 0.269 e. The first kappa shape index (κ1) is 18.2. The van der Waals surface area contributed by atoms with Crippen molar-refractivity contribution in [1.82, 2.24) is 14.5 Å². The number of nitro groups is 1. The van der Waals surface area contributed by atoms with Gasteiger partial charge in [-0.2, -0.15) is 5.10 Å². The lowest BCUT2D eigenvalue weighted by Gasteiger charge is -2.05. The van der Waals surface area contributed by atoms with Crippen LogP contribution in [-0.4, -0.2) is 25.6 Å². The first-order chi connectivity index (χ1) is 12.4. The van der Waals surface area contributed by atoms with Crippen molar-refractivity contribution in [3.8, 4) is 0 Å². The van der Waals surface area contributed by atoms with E-state index in [0.717, 1.165) is 5.56 Å². The predicted molar refractivity (Wildman–Crippen MR) is 103 cm³/mol. The Hall–Kier alpha value is -2.55. The lowest BCUT2D eigenvalue weighted by molar-refractivity contribution is -0.384. The Balaban J connectivity index is 1.78. The van der Waals surface area contributed by atoms with E-state index in [2.05, 4.69) is 10.2 Å². The van der Waals surface area contributed by atoms with Gasteiger partial charge < -0.3 is 4.57 Å². The predicted octanol–water partition coefficient (Wildman–Crippen LogP) is 4.56. The summed E-state index contributed by atoms with van der Waals surface area (Å²) in [5, 5.41) is 20.1. The summed E-state index contributed by atoms with van der Waals surface area (Å²) in [6, 6.07) is 11.2. The van der Waals surface area contributed by atoms with E-state index >= 15 is 0 Å². The van der Waals surface area contributed by atoms with E-state index in [9.17, 15) is 10.1 Å². The van der Waals surface area contributed by atoms with Gasteiger partial charge in [-0.1, -0.05) is 29.3 Å². The fourth-order valence-electron chi connectivity index (χ4n) is 2.15. The van der Waals surface area contributed by atoms with Crippen LogP contribution in [0.4, 0.5) is 5.69 Å². The lowest BCUT2D eigenvalue weighted by atomic mass is 10.2. The molecule has 0 bridgehead atoms. The molecule has 0 unspecified atom stereocenters. The molecular formula is C16H11Cl2N5O2S. The maximum absolute atomic E-state index is 10.7. The second-order valence-electron chi connectivity index (χ2n) is 5.26. The molecule has 1 heterocycles. The number of non-ortho nitro benzene ring substituents is 1. The number of rotatable bonds is 5. The molecule has 0 N–H and O–H groups in total. The molecular weight excluding hydrogens is 397 g/mol. The van der Waals surface area contributed by atoms with E-state index in [0.29, 0.717) is 26.9 Å². The summed E-state index contributed by atoms with van der Waals surface area (Å²) in [5.74, 6) is 0. The summed E-state index contributed by atoms with van der Waals surface area (Å²) in [5.41, 5.74) is 1.56. The van der Waals surface area contributed by atoms with E-state index in [4.69, 9.17) is 35.4 Å². The summed E-state index contributed by atoms with van der Waals surface area (Å²) in [6.07, 6.45) is 3.08. The topological polar surface area (TPSA) is 78.2 Å². The molecule has 10 heteroatoms. The SMILES string of the molecule is O=[N+]([O-])c1ccc(/C=N/n2ncn(Cc3ccc(Cl)cc3Cl)c2=S)cc1. The highest BCUT2D eigenvalue weighted by Gasteiger charge is 2.06. The third kappa shape index (κ3) is 4.16. The van der Waals surface area contributed by atoms with Crippen molar-refractivity contribution in [1.29, 1.82) is 0 Å². The summed E-state index contributed by atoms with van der Waals surface area (Å²) in [6.45, 7) is 0.432. The van der Waals surface area contributed by atoms with Gasteiger partial charge in [-0.05, 0) is 47.6 Å². The number of aromatic nitrogens is 3. The Bertz CT molecular complexity index is 1040. The zero-order chi connectivity index (χ0) is 18.7. The highest BCUT2D eigenvalue weighted by atomic mass is 35.5. The van der Waals surface area contributed by atoms with E-state index in [-0.39, 0.29) is 5.69 Å². The Kier molecular flexibility index (Phi) is 5.46. The second kappa shape index (κ2) is 7.77. The molecule has 0 saturated carbocycles. The first-order valence-electron chi connectivity index (χ1n) is 7.31. The van der Waals surface area contributed by atoms with Gasteiger partial charge in [0.15, 0.2) is 0 Å². The molecule has 0 aliphatic carbocycles. The molecule has 0 saturated heterocycles. The molecule has 2 aromatic carbocycles. The third-order valence-electron chi connectivity index (χ3n) is 3.49. The van der Waals surface area contributed by atoms with Crippen LogP contribution in [0.2, 0.25) is 10.0 Å². The minimum Gasteiger partial charge on any atom is -0.300 e. The van der Waals surface area contributed by atoms with Gasteiger partial charge in [0.2, 0.25) is 4.77 Å². The van der Waals surface area contributed by atoms with Crippen LogP contribution in [0.3, 0.4) is 0 Å². The molecule has 132 valence electrons. The molecule has 0 aliphatic heterocycles. The lowest BCUT2D eigenvalue weighted by Crippen LogP contribution is -2.01. The molecule has 3 rings (SSSR count). The highest BCUT2D eigenvalue weighted by molar-refractivity contribution is 7.71. The van der Waals surface area contributed by atoms with Crippen LogP contribution in [0.15, 0.2) is 53.9 Å². The van der Waals surface area contributed by atoms with Gasteiger partial charge in [0.1, 0.15) is 6.33 Å². The fourth-order valence-corrected chi connectivity index (χ4v) is 2.82. The van der Waals surface area contributed by atoms with Crippen molar-refractivity contribution in [3.63, 3.8) is 0 Å². The Morgan fingerprint density at radius 2 is 1.96 bits per heavy atom. The molecule has 26 heavy (non-hydrogen) atoms. The molecule has 0 fully saturated rings. The molecule has 0 radical (unpaired) electrons. The normalized spacial score (nSPS) is 11.2. The number of hydrogen-bond donors (Lipinski definition) is 0. The van der Waals surface area contributed by atoms with Crippen LogP contribution < -0.4 is 0 Å². The average Bonchev–Trinajstić information content (AvgIpc) is 2.96. The third-order valence-corrected chi connectivity index (χ3v) is 4.48. The quantitative estimate of drug-likeness (QED) is 0.268. The van der Waals surface area contributed by atoms with Crippen molar-refractivity contribution in [2.24, 2.45) is 5.10 Å². The number of hydrogen-bond acceptors (Lipinski definition) is 5. The van der Waals surface area contributed by atoms with Crippen molar-refractivity contribution >= 4 is 47.3 Å². The van der Waals surface area contributed by atoms with Crippen LogP contribution in [0.5, 0.6) is 0 Å². The average molecular weight is 408 g/mol. The molecule has 1 aromatic heterocycles. The summed E-state index contributed by atoms with van der Waals surface area (Å²) in [4.78, 5) is 11.5. The van der Waals surface area contributed by atoms with E-state index in [1.165, 1.54) is 23.1 Å². The minimum absolute atomic E-state index is 0.0166. The van der Waals surface area contributed by atoms with Crippen LogP contribution in [0.25, 0.3) is 0 Å². The number of benzene rings is 2. The van der Waals surface area contributed by atoms with Crippen LogP contribution >= 0.6 is 35.4 Å². The first-order valence-corrected chi connectivity index (χ1v) is 8.47. The Morgan fingerprint density at radius 1 is 1.23 bits per heavy atom. The van der Waals surface area contributed by atoms with Gasteiger partial charge in [0, 0.05) is 22.2 Å². The van der Waals surface area contributed by atoms with Crippen LogP contribution in [0, 0.1) is 14.9 Å². The standard InChI is InChI=1S/C16H11Cl2N5O2S/c17-13-4-3-12(15(18)7-13)9-21-10-20-22(16(21)26)19-8-11-1-5-14(6-2-11)23(24)25/h1-8,10H,9H2/b19-8+. The van der Waals surface area contributed by atoms with Crippen LogP contribution in [0.1, 0.15) is 11.1 Å². The van der Waals surface area contributed by atoms with Crippen molar-refractivity contribution in [3.05, 3.63) is 84.8 Å². The maximum atomic E-state index is 10.7. The van der Waals surface area contributed by atoms with E-state index < -0.39 is 4.92 Å². The molecule has 0 amide bonds. The van der Waals surface area contributed by atoms with Crippen LogP contribution in [-0.2, 0) is 6.54 Å². The van der Waals surface area contributed by atoms with Crippen molar-refractivity contribution in [2.45, 2.75) is 6.54 Å². The maximum Gasteiger partial charge on any atom is 0.269 e. The molecule has 3 aromatic rings. The van der Waals surface area contributed by atoms with Gasteiger partial charge in [-0.15, -0.1) is 9.89 Å². The minimum atomic E-state index is -0.458. The number of nitro benzene ring substituents is 1. The summed E-state index contributed by atoms with van der Waals surface area (Å²) < 4.78 is 2.10. The zero-order valence-electron chi connectivity index (χ0n) is 13.1. The summed E-state index contributed by atoms with van der Waals surface area (Å²) in [7, 11) is 0. The van der Waals surface area contributed by atoms with Gasteiger partial charge >= 0.3 is 0 Å². The monoisotopic (exact) mass is 407 g/mol. The van der Waals surface area contributed by atoms with E-state index in [1.54, 1.807) is 35.2 Å². The molecule has 0 spiro atoms. The fraction of sp³-hybridized carbons (Fsp3) is 0.0625. The van der Waals surface area contributed by atoms with Gasteiger partial charge in [-0.25, -0.2) is 0 Å². The zero-order valence-corrected chi connectivity index (χ0v) is 15.4. The van der Waals surface area contributed by atoms with Gasteiger partial charge in [0.25, 0.3) is 5.69 Å². The molecule has 0 aliphatic rings. The highest BCUT2D eigenvalue weighted by Crippen LogP contribution is 2.21. The van der Waals surface area contributed by atoms with Gasteiger partial charge in [0.05, 0.1) is 17.7 Å². The van der Waals surface area contributed by atoms with Crippen molar-refractivity contribution in [2.75, 3.05) is 0 Å². The molecule has 7 nitrogen and oxygen atoms in total. The second-order valence-corrected chi connectivity index (χ2v) is 6.47. The molecule has 0 atom stereocenters. The number of nitrogens with zero attached hydrogens (tertiary/aromatic N) is 5. The largest absolute Gasteiger partial charge is 0.300 e. The number of halogens is 2. The Labute approximate surface area is 163 Å². The van der Waals surface area contributed by atoms with Crippen molar-refractivity contribution < 1.29 is 4.92 Å².